The molecule has 4 aromatic rings. The Bertz CT molecular complexity index is 1100. The topological polar surface area (TPSA) is 73.6 Å². The van der Waals surface area contributed by atoms with Gasteiger partial charge in [0.05, 0.1) is 5.56 Å². The van der Waals surface area contributed by atoms with Crippen molar-refractivity contribution in [3.63, 3.8) is 0 Å². The van der Waals surface area contributed by atoms with Crippen molar-refractivity contribution >= 4 is 28.6 Å². The van der Waals surface area contributed by atoms with Crippen molar-refractivity contribution in [1.29, 1.82) is 0 Å². The van der Waals surface area contributed by atoms with Crippen molar-refractivity contribution in [2.24, 2.45) is 5.73 Å². The first-order valence-electron chi connectivity index (χ1n) is 8.94. The SMILES string of the molecule is NC(=O)c1ccc(Oc2ccccc2)c(Nc2ccccc2)c1Oc1cccs1. The molecule has 5 nitrogen and oxygen atoms in total. The van der Waals surface area contributed by atoms with Gasteiger partial charge in [0.15, 0.2) is 16.6 Å². The predicted molar refractivity (Wildman–Crippen MR) is 116 cm³/mol. The van der Waals surface area contributed by atoms with E-state index in [0.717, 1.165) is 5.69 Å². The molecule has 0 fully saturated rings. The van der Waals surface area contributed by atoms with Crippen LogP contribution in [0.5, 0.6) is 22.3 Å². The van der Waals surface area contributed by atoms with E-state index in [2.05, 4.69) is 5.32 Å². The number of carbonyl (C=O) groups excluding carboxylic acids is 1. The highest BCUT2D eigenvalue weighted by Crippen LogP contribution is 2.44. The summed E-state index contributed by atoms with van der Waals surface area (Å²) in [4.78, 5) is 12.1. The summed E-state index contributed by atoms with van der Waals surface area (Å²) in [5.41, 5.74) is 7.23. The van der Waals surface area contributed by atoms with Crippen LogP contribution in [0, 0.1) is 0 Å². The van der Waals surface area contributed by atoms with Crippen LogP contribution >= 0.6 is 11.3 Å². The number of carbonyl (C=O) groups is 1. The van der Waals surface area contributed by atoms with Crippen LogP contribution in [-0.2, 0) is 0 Å². The quantitative estimate of drug-likeness (QED) is 0.387. The van der Waals surface area contributed by atoms with E-state index in [1.807, 2.05) is 78.2 Å². The molecular formula is C23H18N2O3S. The summed E-state index contributed by atoms with van der Waals surface area (Å²) in [6.45, 7) is 0. The molecule has 0 atom stereocenters. The lowest BCUT2D eigenvalue weighted by atomic mass is 10.1. The third-order valence-corrected chi connectivity index (χ3v) is 4.84. The third kappa shape index (κ3) is 4.39. The second kappa shape index (κ2) is 8.50. The van der Waals surface area contributed by atoms with Crippen LogP contribution in [0.3, 0.4) is 0 Å². The molecule has 1 amide bonds. The molecule has 0 aliphatic heterocycles. The molecule has 0 bridgehead atoms. The number of hydrogen-bond acceptors (Lipinski definition) is 5. The van der Waals surface area contributed by atoms with Crippen LogP contribution in [0.15, 0.2) is 90.3 Å². The number of nitrogens with one attached hydrogen (secondary N) is 1. The van der Waals surface area contributed by atoms with E-state index in [-0.39, 0.29) is 5.56 Å². The van der Waals surface area contributed by atoms with E-state index in [4.69, 9.17) is 15.2 Å². The highest BCUT2D eigenvalue weighted by molar-refractivity contribution is 7.11. The minimum atomic E-state index is -0.584. The van der Waals surface area contributed by atoms with E-state index in [9.17, 15) is 4.79 Å². The first kappa shape index (κ1) is 18.6. The molecule has 29 heavy (non-hydrogen) atoms. The van der Waals surface area contributed by atoms with Crippen molar-refractivity contribution in [1.82, 2.24) is 0 Å². The fourth-order valence-corrected chi connectivity index (χ4v) is 3.35. The second-order valence-corrected chi connectivity index (χ2v) is 7.03. The number of amides is 1. The van der Waals surface area contributed by atoms with Gasteiger partial charge in [0.25, 0.3) is 5.91 Å². The zero-order valence-electron chi connectivity index (χ0n) is 15.4. The number of primary amides is 1. The first-order chi connectivity index (χ1) is 14.2. The lowest BCUT2D eigenvalue weighted by Crippen LogP contribution is -2.13. The monoisotopic (exact) mass is 402 g/mol. The standard InChI is InChI=1S/C23H18N2O3S/c24-23(26)18-13-14-19(27-17-10-5-2-6-11-17)21(25-16-8-3-1-4-9-16)22(18)28-20-12-7-15-29-20/h1-15,25H,(H2,24,26). The fraction of sp³-hybridized carbons (Fsp3) is 0. The molecule has 0 saturated heterocycles. The number of nitrogens with two attached hydrogens (primary N) is 1. The Kier molecular flexibility index (Phi) is 5.45. The maximum Gasteiger partial charge on any atom is 0.252 e. The summed E-state index contributed by atoms with van der Waals surface area (Å²) in [6.07, 6.45) is 0. The maximum absolute atomic E-state index is 12.1. The van der Waals surface area contributed by atoms with Crippen molar-refractivity contribution in [3.05, 3.63) is 95.9 Å². The highest BCUT2D eigenvalue weighted by atomic mass is 32.1. The zero-order chi connectivity index (χ0) is 20.1. The number of rotatable bonds is 7. The molecule has 0 spiro atoms. The van der Waals surface area contributed by atoms with E-state index in [1.54, 1.807) is 12.1 Å². The molecule has 0 unspecified atom stereocenters. The number of benzene rings is 3. The largest absolute Gasteiger partial charge is 0.455 e. The lowest BCUT2D eigenvalue weighted by Gasteiger charge is -2.19. The Hall–Kier alpha value is -3.77. The first-order valence-corrected chi connectivity index (χ1v) is 9.82. The molecule has 0 aliphatic rings. The molecule has 3 N–H and O–H groups in total. The summed E-state index contributed by atoms with van der Waals surface area (Å²) in [5.74, 6) is 0.908. The van der Waals surface area contributed by atoms with E-state index >= 15 is 0 Å². The molecule has 6 heteroatoms. The maximum atomic E-state index is 12.1. The van der Waals surface area contributed by atoms with Gasteiger partial charge in [0, 0.05) is 5.69 Å². The summed E-state index contributed by atoms with van der Waals surface area (Å²) >= 11 is 1.42. The van der Waals surface area contributed by atoms with Gasteiger partial charge in [-0.3, -0.25) is 4.79 Å². The van der Waals surface area contributed by atoms with Crippen molar-refractivity contribution in [3.8, 4) is 22.3 Å². The Balaban J connectivity index is 1.84. The molecule has 4 rings (SSSR count). The fourth-order valence-electron chi connectivity index (χ4n) is 2.77. The third-order valence-electron chi connectivity index (χ3n) is 4.10. The van der Waals surface area contributed by atoms with Crippen LogP contribution in [0.25, 0.3) is 0 Å². The molecule has 144 valence electrons. The van der Waals surface area contributed by atoms with Crippen LogP contribution in [0.2, 0.25) is 0 Å². The van der Waals surface area contributed by atoms with Gasteiger partial charge in [0.1, 0.15) is 11.4 Å². The molecule has 0 saturated carbocycles. The molecule has 0 radical (unpaired) electrons. The van der Waals surface area contributed by atoms with Gasteiger partial charge in [-0.05, 0) is 53.9 Å². The summed E-state index contributed by atoms with van der Waals surface area (Å²) in [5, 5.41) is 5.85. The van der Waals surface area contributed by atoms with Crippen LogP contribution in [-0.4, -0.2) is 5.91 Å². The van der Waals surface area contributed by atoms with Gasteiger partial charge < -0.3 is 20.5 Å². The predicted octanol–water partition coefficient (Wildman–Crippen LogP) is 6.18. The van der Waals surface area contributed by atoms with Gasteiger partial charge in [0.2, 0.25) is 0 Å². The van der Waals surface area contributed by atoms with Crippen LogP contribution < -0.4 is 20.5 Å². The highest BCUT2D eigenvalue weighted by Gasteiger charge is 2.21. The smallest absolute Gasteiger partial charge is 0.252 e. The van der Waals surface area contributed by atoms with Gasteiger partial charge >= 0.3 is 0 Å². The Morgan fingerprint density at radius 2 is 1.55 bits per heavy atom. The molecule has 3 aromatic carbocycles. The van der Waals surface area contributed by atoms with Crippen LogP contribution in [0.4, 0.5) is 11.4 Å². The summed E-state index contributed by atoms with van der Waals surface area (Å²) in [7, 11) is 0. The van der Waals surface area contributed by atoms with Gasteiger partial charge in [-0.25, -0.2) is 0 Å². The zero-order valence-corrected chi connectivity index (χ0v) is 16.2. The molecule has 1 aromatic heterocycles. The minimum absolute atomic E-state index is 0.261. The molecular weight excluding hydrogens is 384 g/mol. The van der Waals surface area contributed by atoms with Crippen molar-refractivity contribution < 1.29 is 14.3 Å². The Morgan fingerprint density at radius 1 is 0.828 bits per heavy atom. The summed E-state index contributed by atoms with van der Waals surface area (Å²) in [6, 6.07) is 26.0. The van der Waals surface area contributed by atoms with Crippen LogP contribution in [0.1, 0.15) is 10.4 Å². The number of anilines is 2. The number of thiophene rings is 1. The van der Waals surface area contributed by atoms with Gasteiger partial charge in [-0.15, -0.1) is 11.3 Å². The Morgan fingerprint density at radius 3 is 2.21 bits per heavy atom. The average Bonchev–Trinajstić information content (AvgIpc) is 3.25. The average molecular weight is 402 g/mol. The Labute approximate surface area is 172 Å². The number of hydrogen-bond donors (Lipinski definition) is 2. The summed E-state index contributed by atoms with van der Waals surface area (Å²) < 4.78 is 12.2. The number of ether oxygens (including phenoxy) is 2. The number of para-hydroxylation sites is 2. The van der Waals surface area contributed by atoms with Gasteiger partial charge in [-0.1, -0.05) is 36.4 Å². The lowest BCUT2D eigenvalue weighted by molar-refractivity contribution is 0.0998. The van der Waals surface area contributed by atoms with E-state index in [0.29, 0.717) is 28.0 Å². The normalized spacial score (nSPS) is 10.3. The molecule has 0 aliphatic carbocycles. The second-order valence-electron chi connectivity index (χ2n) is 6.12. The van der Waals surface area contributed by atoms with Crippen molar-refractivity contribution in [2.75, 3.05) is 5.32 Å². The van der Waals surface area contributed by atoms with Gasteiger partial charge in [-0.2, -0.15) is 0 Å². The van der Waals surface area contributed by atoms with E-state index < -0.39 is 5.91 Å². The molecule has 1 heterocycles. The van der Waals surface area contributed by atoms with E-state index in [1.165, 1.54) is 11.3 Å². The van der Waals surface area contributed by atoms with Crippen molar-refractivity contribution in [2.45, 2.75) is 0 Å². The minimum Gasteiger partial charge on any atom is -0.455 e.